The van der Waals surface area contributed by atoms with E-state index in [0.29, 0.717) is 6.42 Å². The first-order valence-corrected chi connectivity index (χ1v) is 7.33. The van der Waals surface area contributed by atoms with Gasteiger partial charge in [-0.15, -0.1) is 0 Å². The lowest BCUT2D eigenvalue weighted by molar-refractivity contribution is -0.108. The molecule has 1 heteroatoms. The van der Waals surface area contributed by atoms with E-state index in [4.69, 9.17) is 0 Å². The highest BCUT2D eigenvalue weighted by atomic mass is 16.1. The highest BCUT2D eigenvalue weighted by molar-refractivity contribution is 5.83. The van der Waals surface area contributed by atoms with E-state index >= 15 is 0 Å². The van der Waals surface area contributed by atoms with Gasteiger partial charge in [0.25, 0.3) is 0 Å². The third kappa shape index (κ3) is 3.19. The van der Waals surface area contributed by atoms with Crippen molar-refractivity contribution < 1.29 is 4.79 Å². The molecule has 0 aliphatic rings. The van der Waals surface area contributed by atoms with E-state index in [1.165, 1.54) is 21.9 Å². The first-order chi connectivity index (χ1) is 10.4. The van der Waals surface area contributed by atoms with Crippen LogP contribution in [0.3, 0.4) is 0 Å². The topological polar surface area (TPSA) is 17.1 Å². The number of benzene rings is 3. The van der Waals surface area contributed by atoms with E-state index in [1.54, 1.807) is 0 Å². The third-order valence-corrected chi connectivity index (χ3v) is 3.95. The summed E-state index contributed by atoms with van der Waals surface area (Å²) in [5.41, 5.74) is 2.52. The highest BCUT2D eigenvalue weighted by Gasteiger charge is 2.12. The normalized spacial score (nSPS) is 12.2. The fourth-order valence-electron chi connectivity index (χ4n) is 2.83. The Labute approximate surface area is 125 Å². The van der Waals surface area contributed by atoms with Crippen LogP contribution in [0.2, 0.25) is 0 Å². The molecular formula is C20H18O. The summed E-state index contributed by atoms with van der Waals surface area (Å²) in [5.74, 6) is 0.255. The maximum absolute atomic E-state index is 11.0. The maximum atomic E-state index is 11.0. The number of carbonyl (C=O) groups is 1. The van der Waals surface area contributed by atoms with Crippen molar-refractivity contribution in [3.63, 3.8) is 0 Å². The zero-order chi connectivity index (χ0) is 14.5. The quantitative estimate of drug-likeness (QED) is 0.613. The molecule has 3 rings (SSSR count). The van der Waals surface area contributed by atoms with Gasteiger partial charge in [0, 0.05) is 6.42 Å². The zero-order valence-corrected chi connectivity index (χ0v) is 11.9. The Hall–Kier alpha value is -2.41. The Morgan fingerprint density at radius 1 is 0.810 bits per heavy atom. The second kappa shape index (κ2) is 6.36. The molecule has 1 nitrogen and oxygen atoms in total. The molecule has 0 aromatic heterocycles. The number of hydrogen-bond acceptors (Lipinski definition) is 1. The highest BCUT2D eigenvalue weighted by Crippen LogP contribution is 2.25. The van der Waals surface area contributed by atoms with E-state index in [1.807, 2.05) is 18.2 Å². The van der Waals surface area contributed by atoms with Crippen molar-refractivity contribution in [1.29, 1.82) is 0 Å². The second-order valence-electron chi connectivity index (χ2n) is 5.40. The summed E-state index contributed by atoms with van der Waals surface area (Å²) < 4.78 is 0. The minimum atomic E-state index is 0.255. The van der Waals surface area contributed by atoms with Crippen molar-refractivity contribution in [1.82, 2.24) is 0 Å². The van der Waals surface area contributed by atoms with Gasteiger partial charge in [0.15, 0.2) is 0 Å². The SMILES string of the molecule is O=CC[C@H](Cc1ccc2ccccc2c1)c1ccccc1. The number of hydrogen-bond donors (Lipinski definition) is 0. The molecule has 0 saturated heterocycles. The van der Waals surface area contributed by atoms with Crippen LogP contribution in [0, 0.1) is 0 Å². The second-order valence-corrected chi connectivity index (χ2v) is 5.40. The molecule has 0 N–H and O–H groups in total. The van der Waals surface area contributed by atoms with Crippen LogP contribution in [0.25, 0.3) is 10.8 Å². The molecular weight excluding hydrogens is 256 g/mol. The van der Waals surface area contributed by atoms with Gasteiger partial charge in [0.2, 0.25) is 0 Å². The molecule has 0 radical (unpaired) electrons. The molecule has 0 amide bonds. The zero-order valence-electron chi connectivity index (χ0n) is 11.9. The molecule has 0 bridgehead atoms. The summed E-state index contributed by atoms with van der Waals surface area (Å²) in [6, 6.07) is 25.2. The predicted molar refractivity (Wildman–Crippen MR) is 87.5 cm³/mol. The Bertz CT molecular complexity index is 731. The van der Waals surface area contributed by atoms with E-state index in [2.05, 4.69) is 54.6 Å². The molecule has 0 heterocycles. The van der Waals surface area contributed by atoms with Gasteiger partial charge in [-0.3, -0.25) is 0 Å². The van der Waals surface area contributed by atoms with Gasteiger partial charge < -0.3 is 4.79 Å². The van der Waals surface area contributed by atoms with Crippen LogP contribution >= 0.6 is 0 Å². The van der Waals surface area contributed by atoms with Crippen molar-refractivity contribution in [2.24, 2.45) is 0 Å². The molecule has 21 heavy (non-hydrogen) atoms. The first-order valence-electron chi connectivity index (χ1n) is 7.33. The number of fused-ring (bicyclic) bond motifs is 1. The standard InChI is InChI=1S/C20H18O/c21-13-12-20(17-6-2-1-3-7-17)15-16-10-11-18-8-4-5-9-19(18)14-16/h1-11,13-14,20H,12,15H2/t20-/m1/s1. The van der Waals surface area contributed by atoms with Gasteiger partial charge in [-0.25, -0.2) is 0 Å². The van der Waals surface area contributed by atoms with Gasteiger partial charge >= 0.3 is 0 Å². The molecule has 3 aromatic rings. The average molecular weight is 274 g/mol. The minimum Gasteiger partial charge on any atom is -0.303 e. The smallest absolute Gasteiger partial charge is 0.120 e. The number of aldehydes is 1. The molecule has 0 spiro atoms. The Morgan fingerprint density at radius 3 is 2.29 bits per heavy atom. The monoisotopic (exact) mass is 274 g/mol. The van der Waals surface area contributed by atoms with Gasteiger partial charge in [-0.2, -0.15) is 0 Å². The van der Waals surface area contributed by atoms with Crippen LogP contribution in [0.1, 0.15) is 23.5 Å². The summed E-state index contributed by atoms with van der Waals surface area (Å²) in [6.45, 7) is 0. The van der Waals surface area contributed by atoms with E-state index in [-0.39, 0.29) is 5.92 Å². The maximum Gasteiger partial charge on any atom is 0.120 e. The van der Waals surface area contributed by atoms with E-state index in [0.717, 1.165) is 12.7 Å². The van der Waals surface area contributed by atoms with Crippen LogP contribution in [0.15, 0.2) is 72.8 Å². The lowest BCUT2D eigenvalue weighted by Crippen LogP contribution is -2.04. The Kier molecular flexibility index (Phi) is 4.11. The molecule has 0 fully saturated rings. The van der Waals surface area contributed by atoms with E-state index in [9.17, 15) is 4.79 Å². The van der Waals surface area contributed by atoms with Crippen molar-refractivity contribution in [2.45, 2.75) is 18.8 Å². The van der Waals surface area contributed by atoms with Gasteiger partial charge in [0.1, 0.15) is 6.29 Å². The third-order valence-electron chi connectivity index (χ3n) is 3.95. The lowest BCUT2D eigenvalue weighted by Gasteiger charge is -2.15. The van der Waals surface area contributed by atoms with Crippen LogP contribution < -0.4 is 0 Å². The molecule has 1 atom stereocenters. The molecule has 0 aliphatic carbocycles. The largest absolute Gasteiger partial charge is 0.303 e. The van der Waals surface area contributed by atoms with Crippen LogP contribution in [0.5, 0.6) is 0 Å². The van der Waals surface area contributed by atoms with Crippen molar-refractivity contribution in [3.8, 4) is 0 Å². The molecule has 0 saturated carbocycles. The van der Waals surface area contributed by atoms with Gasteiger partial charge in [0.05, 0.1) is 0 Å². The molecule has 3 aromatic carbocycles. The number of carbonyl (C=O) groups excluding carboxylic acids is 1. The van der Waals surface area contributed by atoms with Crippen LogP contribution in [0.4, 0.5) is 0 Å². The molecule has 0 aliphatic heterocycles. The Morgan fingerprint density at radius 2 is 1.52 bits per heavy atom. The summed E-state index contributed by atoms with van der Waals surface area (Å²) in [4.78, 5) is 11.0. The molecule has 0 unspecified atom stereocenters. The van der Waals surface area contributed by atoms with E-state index < -0.39 is 0 Å². The van der Waals surface area contributed by atoms with Crippen molar-refractivity contribution >= 4 is 17.1 Å². The summed E-state index contributed by atoms with van der Waals surface area (Å²) >= 11 is 0. The van der Waals surface area contributed by atoms with Crippen molar-refractivity contribution in [3.05, 3.63) is 83.9 Å². The van der Waals surface area contributed by atoms with Crippen LogP contribution in [-0.4, -0.2) is 6.29 Å². The van der Waals surface area contributed by atoms with Crippen molar-refractivity contribution in [2.75, 3.05) is 0 Å². The minimum absolute atomic E-state index is 0.255. The van der Waals surface area contributed by atoms with Gasteiger partial charge in [-0.1, -0.05) is 72.8 Å². The average Bonchev–Trinajstić information content (AvgIpc) is 2.55. The first kappa shape index (κ1) is 13.6. The van der Waals surface area contributed by atoms with Gasteiger partial charge in [-0.05, 0) is 34.2 Å². The lowest BCUT2D eigenvalue weighted by atomic mass is 9.89. The van der Waals surface area contributed by atoms with Crippen LogP contribution in [-0.2, 0) is 11.2 Å². The fraction of sp³-hybridized carbons (Fsp3) is 0.150. The summed E-state index contributed by atoms with van der Waals surface area (Å²) in [5, 5.41) is 2.51. The summed E-state index contributed by atoms with van der Waals surface area (Å²) in [7, 11) is 0. The molecule has 104 valence electrons. The predicted octanol–water partition coefficient (Wildman–Crippen LogP) is 4.76. The summed E-state index contributed by atoms with van der Waals surface area (Å²) in [6.07, 6.45) is 2.49. The number of rotatable bonds is 5. The Balaban J connectivity index is 1.89. The fourth-order valence-corrected chi connectivity index (χ4v) is 2.83.